The van der Waals surface area contributed by atoms with Gasteiger partial charge < -0.3 is 19.9 Å². The molecule has 3 heterocycles. The van der Waals surface area contributed by atoms with Gasteiger partial charge in [0.15, 0.2) is 5.96 Å². The fraction of sp³-hybridized carbons (Fsp3) is 0.812. The van der Waals surface area contributed by atoms with Gasteiger partial charge in [-0.05, 0) is 6.92 Å². The predicted molar refractivity (Wildman–Crippen MR) is 98.0 cm³/mol. The second-order valence-corrected chi connectivity index (χ2v) is 7.52. The van der Waals surface area contributed by atoms with E-state index in [1.165, 1.54) is 11.5 Å². The molecule has 0 aromatic carbocycles. The third-order valence-electron chi connectivity index (χ3n) is 4.47. The van der Waals surface area contributed by atoms with Gasteiger partial charge in [-0.3, -0.25) is 4.99 Å². The average Bonchev–Trinajstić information content (AvgIpc) is 3.06. The Kier molecular flexibility index (Phi) is 5.55. The number of aryl methyl sites for hydroxylation is 1. The fourth-order valence-corrected chi connectivity index (χ4v) is 3.66. The van der Waals surface area contributed by atoms with Crippen LogP contribution < -0.4 is 10.2 Å². The van der Waals surface area contributed by atoms with E-state index in [4.69, 9.17) is 9.73 Å². The minimum atomic E-state index is 0.214. The van der Waals surface area contributed by atoms with Crippen molar-refractivity contribution in [3.8, 4) is 0 Å². The number of nitrogens with zero attached hydrogens (tertiary/aromatic N) is 5. The van der Waals surface area contributed by atoms with Crippen LogP contribution >= 0.6 is 11.5 Å². The van der Waals surface area contributed by atoms with Crippen LogP contribution in [-0.2, 0) is 11.2 Å². The van der Waals surface area contributed by atoms with E-state index in [-0.39, 0.29) is 5.41 Å². The summed E-state index contributed by atoms with van der Waals surface area (Å²) in [4.78, 5) is 14.1. The zero-order valence-electron chi connectivity index (χ0n) is 14.9. The second kappa shape index (κ2) is 7.65. The number of ether oxygens (including phenoxy) is 1. The lowest BCUT2D eigenvalue weighted by Gasteiger charge is -2.39. The lowest BCUT2D eigenvalue weighted by molar-refractivity contribution is -0.0946. The van der Waals surface area contributed by atoms with Crippen molar-refractivity contribution in [3.05, 3.63) is 5.82 Å². The van der Waals surface area contributed by atoms with Gasteiger partial charge in [0.05, 0.1) is 19.8 Å². The van der Waals surface area contributed by atoms with Gasteiger partial charge in [0.25, 0.3) is 0 Å². The van der Waals surface area contributed by atoms with Gasteiger partial charge >= 0.3 is 0 Å². The van der Waals surface area contributed by atoms with Crippen molar-refractivity contribution in [3.63, 3.8) is 0 Å². The van der Waals surface area contributed by atoms with E-state index in [1.807, 2.05) is 0 Å². The fourth-order valence-electron chi connectivity index (χ4n) is 2.86. The lowest BCUT2D eigenvalue weighted by atomic mass is 9.89. The highest BCUT2D eigenvalue weighted by molar-refractivity contribution is 7.09. The molecule has 2 aliphatic heterocycles. The van der Waals surface area contributed by atoms with Crippen LogP contribution in [0.3, 0.4) is 0 Å². The van der Waals surface area contributed by atoms with E-state index in [0.717, 1.165) is 75.8 Å². The largest absolute Gasteiger partial charge is 0.380 e. The Hall–Kier alpha value is -1.41. The Morgan fingerprint density at radius 1 is 1.29 bits per heavy atom. The summed E-state index contributed by atoms with van der Waals surface area (Å²) in [7, 11) is 0. The summed E-state index contributed by atoms with van der Waals surface area (Å²) in [6.07, 6.45) is 0.899. The first kappa shape index (κ1) is 17.4. The second-order valence-electron chi connectivity index (χ2n) is 6.79. The van der Waals surface area contributed by atoms with Crippen LogP contribution in [0.5, 0.6) is 0 Å². The summed E-state index contributed by atoms with van der Waals surface area (Å²) >= 11 is 1.51. The molecule has 0 spiro atoms. The van der Waals surface area contributed by atoms with Crippen LogP contribution in [0.15, 0.2) is 4.99 Å². The third kappa shape index (κ3) is 3.97. The van der Waals surface area contributed by atoms with Gasteiger partial charge in [-0.1, -0.05) is 13.8 Å². The smallest absolute Gasteiger partial charge is 0.205 e. The molecule has 0 unspecified atom stereocenters. The molecule has 0 amide bonds. The molecule has 1 aromatic rings. The molecule has 2 saturated heterocycles. The molecular weight excluding hydrogens is 324 g/mol. The lowest BCUT2D eigenvalue weighted by Crippen LogP contribution is -2.53. The molecule has 2 aliphatic rings. The number of nitrogens with one attached hydrogen (secondary N) is 1. The minimum Gasteiger partial charge on any atom is -0.380 e. The highest BCUT2D eigenvalue weighted by atomic mass is 32.1. The van der Waals surface area contributed by atoms with Crippen molar-refractivity contribution >= 4 is 22.6 Å². The van der Waals surface area contributed by atoms with Crippen LogP contribution in [0.2, 0.25) is 0 Å². The van der Waals surface area contributed by atoms with Gasteiger partial charge in [-0.15, -0.1) is 0 Å². The van der Waals surface area contributed by atoms with Gasteiger partial charge in [-0.2, -0.15) is 4.37 Å². The molecule has 8 heteroatoms. The number of aliphatic imine (C=N–C) groups is 1. The summed E-state index contributed by atoms with van der Waals surface area (Å²) in [5.74, 6) is 1.97. The van der Waals surface area contributed by atoms with Crippen molar-refractivity contribution in [2.24, 2.45) is 10.4 Å². The van der Waals surface area contributed by atoms with E-state index in [0.29, 0.717) is 0 Å². The first-order valence-corrected chi connectivity index (χ1v) is 9.59. The number of piperazine rings is 1. The van der Waals surface area contributed by atoms with E-state index in [9.17, 15) is 0 Å². The zero-order valence-corrected chi connectivity index (χ0v) is 15.7. The summed E-state index contributed by atoms with van der Waals surface area (Å²) in [6, 6.07) is 0. The van der Waals surface area contributed by atoms with Gasteiger partial charge in [0.1, 0.15) is 5.82 Å². The highest BCUT2D eigenvalue weighted by Crippen LogP contribution is 2.26. The number of rotatable bonds is 5. The van der Waals surface area contributed by atoms with E-state index < -0.39 is 0 Å². The predicted octanol–water partition coefficient (Wildman–Crippen LogP) is 1.22. The number of hydrogen-bond donors (Lipinski definition) is 1. The molecule has 24 heavy (non-hydrogen) atoms. The Labute approximate surface area is 148 Å². The molecule has 1 N–H and O–H groups in total. The number of hydrogen-bond acceptors (Lipinski definition) is 6. The van der Waals surface area contributed by atoms with Gasteiger partial charge in [0.2, 0.25) is 5.13 Å². The summed E-state index contributed by atoms with van der Waals surface area (Å²) in [5.41, 5.74) is 0.214. The molecule has 0 bridgehead atoms. The van der Waals surface area contributed by atoms with Gasteiger partial charge in [0, 0.05) is 56.1 Å². The van der Waals surface area contributed by atoms with Crippen LogP contribution in [0.1, 0.15) is 26.6 Å². The molecule has 0 radical (unpaired) electrons. The van der Waals surface area contributed by atoms with Crippen LogP contribution in [-0.4, -0.2) is 72.7 Å². The standard InChI is InChI=1S/C16H28N6OS/c1-4-13-19-15(24-20-13)22-8-6-21(7-9-22)14(17-5-2)18-10-16(3)11-23-12-16/h4-12H2,1-3H3,(H,17,18). The summed E-state index contributed by atoms with van der Waals surface area (Å²) < 4.78 is 9.72. The molecule has 3 rings (SSSR count). The van der Waals surface area contributed by atoms with Crippen LogP contribution in [0.25, 0.3) is 0 Å². The molecule has 1 aromatic heterocycles. The Bertz CT molecular complexity index is 563. The monoisotopic (exact) mass is 352 g/mol. The number of guanidine groups is 1. The first-order valence-electron chi connectivity index (χ1n) is 8.82. The Balaban J connectivity index is 1.57. The Morgan fingerprint density at radius 2 is 2.04 bits per heavy atom. The van der Waals surface area contributed by atoms with E-state index in [2.05, 4.69) is 45.2 Å². The molecule has 2 fully saturated rings. The van der Waals surface area contributed by atoms with Crippen LogP contribution in [0.4, 0.5) is 5.13 Å². The Morgan fingerprint density at radius 3 is 2.58 bits per heavy atom. The van der Waals surface area contributed by atoms with Crippen molar-refractivity contribution < 1.29 is 4.74 Å². The quantitative estimate of drug-likeness (QED) is 0.635. The molecule has 7 nitrogen and oxygen atoms in total. The minimum absolute atomic E-state index is 0.214. The van der Waals surface area contributed by atoms with Crippen LogP contribution in [0, 0.1) is 5.41 Å². The highest BCUT2D eigenvalue weighted by Gasteiger charge is 2.33. The van der Waals surface area contributed by atoms with E-state index >= 15 is 0 Å². The first-order chi connectivity index (χ1) is 11.6. The van der Waals surface area contributed by atoms with Crippen molar-refractivity contribution in [2.75, 3.05) is 57.4 Å². The normalized spacial score (nSPS) is 20.9. The average molecular weight is 353 g/mol. The van der Waals surface area contributed by atoms with Crippen molar-refractivity contribution in [1.82, 2.24) is 19.6 Å². The number of anilines is 1. The molecule has 0 saturated carbocycles. The maximum absolute atomic E-state index is 5.33. The van der Waals surface area contributed by atoms with Crippen molar-refractivity contribution in [2.45, 2.75) is 27.2 Å². The summed E-state index contributed by atoms with van der Waals surface area (Å²) in [6.45, 7) is 13.6. The molecule has 0 aliphatic carbocycles. The molecule has 134 valence electrons. The zero-order chi connectivity index (χ0) is 17.0. The molecular formula is C16H28N6OS. The maximum Gasteiger partial charge on any atom is 0.205 e. The summed E-state index contributed by atoms with van der Waals surface area (Å²) in [5, 5.41) is 4.48. The number of aromatic nitrogens is 2. The maximum atomic E-state index is 5.33. The SMILES string of the molecule is CCNC(=NCC1(C)COC1)N1CCN(c2nc(CC)ns2)CC1. The third-order valence-corrected chi connectivity index (χ3v) is 5.28. The molecule has 0 atom stereocenters. The van der Waals surface area contributed by atoms with Crippen molar-refractivity contribution in [1.29, 1.82) is 0 Å². The van der Waals surface area contributed by atoms with Gasteiger partial charge in [-0.25, -0.2) is 4.98 Å². The topological polar surface area (TPSA) is 65.9 Å². The van der Waals surface area contributed by atoms with E-state index in [1.54, 1.807) is 0 Å².